The summed E-state index contributed by atoms with van der Waals surface area (Å²) in [6.45, 7) is 3.48. The zero-order valence-electron chi connectivity index (χ0n) is 14.9. The predicted octanol–water partition coefficient (Wildman–Crippen LogP) is 0.893. The molecule has 0 unspecified atom stereocenters. The van der Waals surface area contributed by atoms with Crippen molar-refractivity contribution in [3.05, 3.63) is 27.8 Å². The van der Waals surface area contributed by atoms with Crippen LogP contribution in [0.25, 0.3) is 10.9 Å². The van der Waals surface area contributed by atoms with E-state index in [1.54, 1.807) is 32.8 Å². The summed E-state index contributed by atoms with van der Waals surface area (Å²) in [6, 6.07) is 1.28. The van der Waals surface area contributed by atoms with Gasteiger partial charge in [-0.2, -0.15) is 0 Å². The molecule has 0 atom stereocenters. The van der Waals surface area contributed by atoms with Gasteiger partial charge in [-0.15, -0.1) is 0 Å². The molecule has 0 amide bonds. The highest BCUT2D eigenvalue weighted by Gasteiger charge is 2.22. The normalized spacial score (nSPS) is 10.9. The summed E-state index contributed by atoms with van der Waals surface area (Å²) in [5, 5.41) is -0.0831. The SMILES string of the molecule is CCOC(=O)c1cc2nc(/N=C/N(C)C)[nH]c(=O)c2c(C(=O)OCC)n1. The summed E-state index contributed by atoms with van der Waals surface area (Å²) in [5.41, 5.74) is -0.986. The molecule has 2 aromatic rings. The molecule has 2 aromatic heterocycles. The minimum absolute atomic E-state index is 0.0204. The molecule has 0 aliphatic carbocycles. The van der Waals surface area contributed by atoms with Crippen LogP contribution in [0.3, 0.4) is 0 Å². The number of rotatable bonds is 6. The van der Waals surface area contributed by atoms with Crippen molar-refractivity contribution >= 4 is 35.1 Å². The molecule has 0 fully saturated rings. The van der Waals surface area contributed by atoms with Crippen LogP contribution in [0.4, 0.5) is 5.95 Å². The first-order chi connectivity index (χ1) is 12.4. The molecule has 2 heterocycles. The van der Waals surface area contributed by atoms with Gasteiger partial charge in [-0.05, 0) is 19.9 Å². The van der Waals surface area contributed by atoms with E-state index in [4.69, 9.17) is 9.47 Å². The molecule has 1 N–H and O–H groups in total. The van der Waals surface area contributed by atoms with E-state index in [2.05, 4.69) is 19.9 Å². The average Bonchev–Trinajstić information content (AvgIpc) is 2.59. The average molecular weight is 361 g/mol. The second-order valence-corrected chi connectivity index (χ2v) is 5.29. The van der Waals surface area contributed by atoms with Crippen LogP contribution in [0.15, 0.2) is 15.9 Å². The fraction of sp³-hybridized carbons (Fsp3) is 0.375. The summed E-state index contributed by atoms with van der Waals surface area (Å²) >= 11 is 0. The Balaban J connectivity index is 2.72. The maximum absolute atomic E-state index is 12.4. The van der Waals surface area contributed by atoms with Crippen molar-refractivity contribution in [2.75, 3.05) is 27.3 Å². The van der Waals surface area contributed by atoms with Crippen LogP contribution in [0.1, 0.15) is 34.8 Å². The number of nitrogens with zero attached hydrogens (tertiary/aromatic N) is 4. The minimum Gasteiger partial charge on any atom is -0.461 e. The minimum atomic E-state index is -0.833. The van der Waals surface area contributed by atoms with Crippen LogP contribution < -0.4 is 5.56 Å². The van der Waals surface area contributed by atoms with E-state index in [-0.39, 0.29) is 41.5 Å². The van der Waals surface area contributed by atoms with E-state index in [1.807, 2.05) is 0 Å². The number of hydrogen-bond donors (Lipinski definition) is 1. The topological polar surface area (TPSA) is 127 Å². The molecular formula is C16H19N5O5. The van der Waals surface area contributed by atoms with Gasteiger partial charge in [-0.25, -0.2) is 24.5 Å². The zero-order chi connectivity index (χ0) is 19.3. The van der Waals surface area contributed by atoms with Crippen molar-refractivity contribution in [2.45, 2.75) is 13.8 Å². The van der Waals surface area contributed by atoms with Gasteiger partial charge >= 0.3 is 11.9 Å². The monoisotopic (exact) mass is 361 g/mol. The highest BCUT2D eigenvalue weighted by molar-refractivity contribution is 6.03. The lowest BCUT2D eigenvalue weighted by atomic mass is 10.2. The van der Waals surface area contributed by atoms with Crippen molar-refractivity contribution in [1.29, 1.82) is 0 Å². The fourth-order valence-electron chi connectivity index (χ4n) is 2.04. The Bertz CT molecular complexity index is 919. The van der Waals surface area contributed by atoms with E-state index < -0.39 is 17.5 Å². The van der Waals surface area contributed by atoms with E-state index in [0.717, 1.165) is 0 Å². The Morgan fingerprint density at radius 1 is 1.19 bits per heavy atom. The van der Waals surface area contributed by atoms with E-state index in [1.165, 1.54) is 12.4 Å². The van der Waals surface area contributed by atoms with Crippen molar-refractivity contribution in [3.63, 3.8) is 0 Å². The number of carbonyl (C=O) groups is 2. The smallest absolute Gasteiger partial charge is 0.357 e. The van der Waals surface area contributed by atoms with Crippen LogP contribution in [0.5, 0.6) is 0 Å². The van der Waals surface area contributed by atoms with E-state index in [0.29, 0.717) is 0 Å². The Labute approximate surface area is 148 Å². The number of H-pyrrole nitrogens is 1. The molecule has 0 aliphatic heterocycles. The van der Waals surface area contributed by atoms with Crippen LogP contribution in [-0.4, -0.2) is 65.4 Å². The molecule has 10 heteroatoms. The largest absolute Gasteiger partial charge is 0.461 e. The molecular weight excluding hydrogens is 342 g/mol. The molecule has 0 spiro atoms. The predicted molar refractivity (Wildman–Crippen MR) is 93.9 cm³/mol. The molecule has 138 valence electrons. The number of carbonyl (C=O) groups excluding carboxylic acids is 2. The van der Waals surface area contributed by atoms with Crippen LogP contribution >= 0.6 is 0 Å². The van der Waals surface area contributed by atoms with Crippen molar-refractivity contribution in [2.24, 2.45) is 4.99 Å². The molecule has 2 rings (SSSR count). The van der Waals surface area contributed by atoms with Gasteiger partial charge in [0.15, 0.2) is 11.4 Å². The van der Waals surface area contributed by atoms with Crippen LogP contribution in [-0.2, 0) is 9.47 Å². The number of nitrogens with one attached hydrogen (secondary N) is 1. The summed E-state index contributed by atoms with van der Waals surface area (Å²) in [7, 11) is 3.51. The Morgan fingerprint density at radius 2 is 1.85 bits per heavy atom. The van der Waals surface area contributed by atoms with Gasteiger partial charge in [0.1, 0.15) is 0 Å². The lowest BCUT2D eigenvalue weighted by Gasteiger charge is -2.08. The first-order valence-corrected chi connectivity index (χ1v) is 7.87. The molecule has 0 aromatic carbocycles. The third kappa shape index (κ3) is 4.21. The Hall–Kier alpha value is -3.30. The first kappa shape index (κ1) is 19.0. The summed E-state index contributed by atoms with van der Waals surface area (Å²) < 4.78 is 9.83. The number of ether oxygens (including phenoxy) is 2. The number of pyridine rings is 1. The number of hydrogen-bond acceptors (Lipinski definition) is 8. The fourth-order valence-corrected chi connectivity index (χ4v) is 2.04. The van der Waals surface area contributed by atoms with Crippen LogP contribution in [0, 0.1) is 0 Å². The molecule has 10 nitrogen and oxygen atoms in total. The molecule has 26 heavy (non-hydrogen) atoms. The summed E-state index contributed by atoms with van der Waals surface area (Å²) in [5.74, 6) is -1.55. The van der Waals surface area contributed by atoms with E-state index in [9.17, 15) is 14.4 Å². The van der Waals surface area contributed by atoms with Gasteiger partial charge in [-0.1, -0.05) is 0 Å². The van der Waals surface area contributed by atoms with Crippen LogP contribution in [0.2, 0.25) is 0 Å². The summed E-state index contributed by atoms with van der Waals surface area (Å²) in [4.78, 5) is 52.9. The number of aromatic nitrogens is 3. The lowest BCUT2D eigenvalue weighted by Crippen LogP contribution is -2.19. The second kappa shape index (κ2) is 8.19. The number of fused-ring (bicyclic) bond motifs is 1. The van der Waals surface area contributed by atoms with Gasteiger partial charge in [0.2, 0.25) is 5.95 Å². The lowest BCUT2D eigenvalue weighted by molar-refractivity contribution is 0.0513. The maximum Gasteiger partial charge on any atom is 0.357 e. The maximum atomic E-state index is 12.4. The number of esters is 2. The zero-order valence-corrected chi connectivity index (χ0v) is 14.9. The van der Waals surface area contributed by atoms with Gasteiger partial charge in [0, 0.05) is 14.1 Å². The quantitative estimate of drug-likeness (QED) is 0.457. The third-order valence-electron chi connectivity index (χ3n) is 3.04. The second-order valence-electron chi connectivity index (χ2n) is 5.29. The van der Waals surface area contributed by atoms with Crippen molar-refractivity contribution < 1.29 is 19.1 Å². The highest BCUT2D eigenvalue weighted by atomic mass is 16.5. The first-order valence-electron chi connectivity index (χ1n) is 7.87. The molecule has 0 radical (unpaired) electrons. The number of aliphatic imine (C=N–C) groups is 1. The Morgan fingerprint density at radius 3 is 2.46 bits per heavy atom. The molecule has 0 saturated heterocycles. The Kier molecular flexibility index (Phi) is 5.99. The standard InChI is InChI=1S/C16H19N5O5/c1-5-25-14(23)10-7-9-11(12(18-10)15(24)26-6-2)13(22)20-16(19-9)17-8-21(3)4/h7-8H,5-6H2,1-4H3,(H,19,20,22)/b17-8+. The van der Waals surface area contributed by atoms with Crippen molar-refractivity contribution in [3.8, 4) is 0 Å². The number of aromatic amines is 1. The summed E-state index contributed by atoms with van der Waals surface area (Å²) in [6.07, 6.45) is 1.45. The molecule has 0 saturated carbocycles. The molecule has 0 aliphatic rings. The van der Waals surface area contributed by atoms with Gasteiger partial charge in [0.05, 0.1) is 30.5 Å². The van der Waals surface area contributed by atoms with Gasteiger partial charge < -0.3 is 14.4 Å². The van der Waals surface area contributed by atoms with Crippen molar-refractivity contribution in [1.82, 2.24) is 19.9 Å². The van der Waals surface area contributed by atoms with Gasteiger partial charge in [-0.3, -0.25) is 9.78 Å². The molecule has 0 bridgehead atoms. The van der Waals surface area contributed by atoms with Gasteiger partial charge in [0.25, 0.3) is 5.56 Å². The third-order valence-corrected chi connectivity index (χ3v) is 3.04. The van der Waals surface area contributed by atoms with E-state index >= 15 is 0 Å². The highest BCUT2D eigenvalue weighted by Crippen LogP contribution is 2.17.